The standard InChI is InChI=1S/C14H23NO5/c1-11(2)9-12(15-5-7-19-8-6-15)10-20-14(18)4-3-13(16)17/h3-4,11-12H,5-10H2,1-2H3,(H,16,17)/b4-3+. The van der Waals surface area contributed by atoms with E-state index in [1.54, 1.807) is 0 Å². The highest BCUT2D eigenvalue weighted by Crippen LogP contribution is 2.14. The second-order valence-corrected chi connectivity index (χ2v) is 5.23. The number of morpholine rings is 1. The smallest absolute Gasteiger partial charge is 0.331 e. The Bertz CT molecular complexity index is 347. The van der Waals surface area contributed by atoms with E-state index in [0.717, 1.165) is 31.7 Å². The van der Waals surface area contributed by atoms with Gasteiger partial charge in [-0.25, -0.2) is 9.59 Å². The molecule has 1 aliphatic heterocycles. The molecule has 20 heavy (non-hydrogen) atoms. The average molecular weight is 285 g/mol. The summed E-state index contributed by atoms with van der Waals surface area (Å²) in [6.45, 7) is 7.59. The van der Waals surface area contributed by atoms with E-state index in [1.807, 2.05) is 0 Å². The van der Waals surface area contributed by atoms with Crippen LogP contribution < -0.4 is 0 Å². The van der Waals surface area contributed by atoms with Crippen molar-refractivity contribution >= 4 is 11.9 Å². The third-order valence-corrected chi connectivity index (χ3v) is 3.09. The second-order valence-electron chi connectivity index (χ2n) is 5.23. The first-order valence-corrected chi connectivity index (χ1v) is 6.88. The quantitative estimate of drug-likeness (QED) is 0.553. The summed E-state index contributed by atoms with van der Waals surface area (Å²) >= 11 is 0. The first kappa shape index (κ1) is 16.7. The van der Waals surface area contributed by atoms with Gasteiger partial charge in [0.25, 0.3) is 0 Å². The van der Waals surface area contributed by atoms with Crippen LogP contribution in [0.25, 0.3) is 0 Å². The number of carboxylic acids is 1. The van der Waals surface area contributed by atoms with Crippen molar-refractivity contribution in [2.75, 3.05) is 32.9 Å². The zero-order chi connectivity index (χ0) is 15.0. The van der Waals surface area contributed by atoms with Crippen LogP contribution in [0, 0.1) is 5.92 Å². The van der Waals surface area contributed by atoms with Crippen molar-refractivity contribution in [2.45, 2.75) is 26.3 Å². The summed E-state index contributed by atoms with van der Waals surface area (Å²) in [7, 11) is 0. The van der Waals surface area contributed by atoms with Gasteiger partial charge in [0.05, 0.1) is 13.2 Å². The highest BCUT2D eigenvalue weighted by Gasteiger charge is 2.23. The fraction of sp³-hybridized carbons (Fsp3) is 0.714. The number of aliphatic carboxylic acids is 1. The van der Waals surface area contributed by atoms with Crippen molar-refractivity contribution < 1.29 is 24.2 Å². The summed E-state index contributed by atoms with van der Waals surface area (Å²) < 4.78 is 10.5. The van der Waals surface area contributed by atoms with E-state index in [4.69, 9.17) is 14.6 Å². The number of ether oxygens (including phenoxy) is 2. The third-order valence-electron chi connectivity index (χ3n) is 3.09. The largest absolute Gasteiger partial charge is 0.478 e. The van der Waals surface area contributed by atoms with Crippen molar-refractivity contribution in [3.63, 3.8) is 0 Å². The molecule has 6 heteroatoms. The van der Waals surface area contributed by atoms with Crippen molar-refractivity contribution in [2.24, 2.45) is 5.92 Å². The minimum Gasteiger partial charge on any atom is -0.478 e. The van der Waals surface area contributed by atoms with Crippen molar-refractivity contribution in [1.29, 1.82) is 0 Å². The molecule has 0 radical (unpaired) electrons. The molecule has 1 unspecified atom stereocenters. The Kier molecular flexibility index (Phi) is 7.25. The molecule has 1 N–H and O–H groups in total. The molecule has 0 saturated carbocycles. The van der Waals surface area contributed by atoms with Gasteiger partial charge in [0.15, 0.2) is 0 Å². The highest BCUT2D eigenvalue weighted by molar-refractivity contribution is 5.90. The summed E-state index contributed by atoms with van der Waals surface area (Å²) in [5.41, 5.74) is 0. The lowest BCUT2D eigenvalue weighted by Gasteiger charge is -2.34. The molecule has 1 rings (SSSR count). The number of hydrogen-bond donors (Lipinski definition) is 1. The summed E-state index contributed by atoms with van der Waals surface area (Å²) in [4.78, 5) is 24.0. The van der Waals surface area contributed by atoms with E-state index < -0.39 is 11.9 Å². The van der Waals surface area contributed by atoms with Gasteiger partial charge in [0.2, 0.25) is 0 Å². The molecule has 0 spiro atoms. The molecule has 1 atom stereocenters. The minimum atomic E-state index is -1.16. The van der Waals surface area contributed by atoms with Gasteiger partial charge in [0, 0.05) is 31.3 Å². The third kappa shape index (κ3) is 6.68. The van der Waals surface area contributed by atoms with Crippen LogP contribution in [-0.4, -0.2) is 60.9 Å². The van der Waals surface area contributed by atoms with E-state index in [1.165, 1.54) is 0 Å². The summed E-state index contributed by atoms with van der Waals surface area (Å²) in [6, 6.07) is 0.154. The maximum absolute atomic E-state index is 11.4. The predicted molar refractivity (Wildman–Crippen MR) is 73.4 cm³/mol. The van der Waals surface area contributed by atoms with Crippen molar-refractivity contribution in [3.8, 4) is 0 Å². The van der Waals surface area contributed by atoms with Gasteiger partial charge < -0.3 is 14.6 Å². The molecular formula is C14H23NO5. The molecule has 0 amide bonds. The topological polar surface area (TPSA) is 76.1 Å². The van der Waals surface area contributed by atoms with E-state index >= 15 is 0 Å². The first-order chi connectivity index (χ1) is 9.49. The molecule has 114 valence electrons. The highest BCUT2D eigenvalue weighted by atomic mass is 16.5. The van der Waals surface area contributed by atoms with Crippen LogP contribution in [-0.2, 0) is 19.1 Å². The number of nitrogens with zero attached hydrogens (tertiary/aromatic N) is 1. The predicted octanol–water partition coefficient (Wildman–Crippen LogP) is 0.917. The maximum atomic E-state index is 11.4. The molecule has 1 fully saturated rings. The van der Waals surface area contributed by atoms with E-state index in [-0.39, 0.29) is 12.6 Å². The van der Waals surface area contributed by atoms with Gasteiger partial charge in [-0.1, -0.05) is 13.8 Å². The molecule has 1 heterocycles. The number of esters is 1. The number of carboxylic acid groups (broad SMARTS) is 1. The lowest BCUT2D eigenvalue weighted by Crippen LogP contribution is -2.46. The second kappa shape index (κ2) is 8.71. The summed E-state index contributed by atoms with van der Waals surface area (Å²) in [5, 5.41) is 8.45. The molecule has 0 aromatic carbocycles. The number of carbonyl (C=O) groups excluding carboxylic acids is 1. The van der Waals surface area contributed by atoms with Gasteiger partial charge in [0.1, 0.15) is 6.61 Å². The van der Waals surface area contributed by atoms with Gasteiger partial charge in [-0.3, -0.25) is 4.90 Å². The molecule has 0 aromatic rings. The summed E-state index contributed by atoms with van der Waals surface area (Å²) in [5.74, 6) is -1.28. The molecule has 0 aliphatic carbocycles. The first-order valence-electron chi connectivity index (χ1n) is 6.88. The monoisotopic (exact) mass is 285 g/mol. The zero-order valence-electron chi connectivity index (χ0n) is 12.1. The molecule has 1 aliphatic rings. The fourth-order valence-electron chi connectivity index (χ4n) is 2.18. The molecule has 0 bridgehead atoms. The summed E-state index contributed by atoms with van der Waals surface area (Å²) in [6.07, 6.45) is 2.65. The SMILES string of the molecule is CC(C)CC(COC(=O)/C=C/C(=O)O)N1CCOCC1. The fourth-order valence-corrected chi connectivity index (χ4v) is 2.18. The molecule has 1 saturated heterocycles. The van der Waals surface area contributed by atoms with Crippen LogP contribution in [0.4, 0.5) is 0 Å². The Labute approximate surface area is 119 Å². The van der Waals surface area contributed by atoms with Crippen LogP contribution in [0.3, 0.4) is 0 Å². The Morgan fingerprint density at radius 3 is 2.50 bits per heavy atom. The van der Waals surface area contributed by atoms with Crippen LogP contribution in [0.15, 0.2) is 12.2 Å². The van der Waals surface area contributed by atoms with E-state index in [2.05, 4.69) is 18.7 Å². The Balaban J connectivity index is 2.47. The average Bonchev–Trinajstić information content (AvgIpc) is 2.41. The lowest BCUT2D eigenvalue weighted by molar-refractivity contribution is -0.141. The normalized spacial score (nSPS) is 18.4. The van der Waals surface area contributed by atoms with Crippen LogP contribution >= 0.6 is 0 Å². The van der Waals surface area contributed by atoms with E-state index in [0.29, 0.717) is 19.1 Å². The number of rotatable bonds is 7. The Morgan fingerprint density at radius 2 is 1.95 bits per heavy atom. The number of carbonyl (C=O) groups is 2. The van der Waals surface area contributed by atoms with Crippen molar-refractivity contribution in [3.05, 3.63) is 12.2 Å². The lowest BCUT2D eigenvalue weighted by atomic mass is 10.0. The van der Waals surface area contributed by atoms with Gasteiger partial charge in [-0.15, -0.1) is 0 Å². The Hall–Kier alpha value is -1.40. The van der Waals surface area contributed by atoms with Gasteiger partial charge >= 0.3 is 11.9 Å². The van der Waals surface area contributed by atoms with Crippen molar-refractivity contribution in [1.82, 2.24) is 4.90 Å². The maximum Gasteiger partial charge on any atom is 0.331 e. The minimum absolute atomic E-state index is 0.154. The van der Waals surface area contributed by atoms with Crippen LogP contribution in [0.2, 0.25) is 0 Å². The molecule has 6 nitrogen and oxygen atoms in total. The number of hydrogen-bond acceptors (Lipinski definition) is 5. The Morgan fingerprint density at radius 1 is 1.30 bits per heavy atom. The van der Waals surface area contributed by atoms with Crippen LogP contribution in [0.5, 0.6) is 0 Å². The molecule has 0 aromatic heterocycles. The zero-order valence-corrected chi connectivity index (χ0v) is 12.1. The van der Waals surface area contributed by atoms with Crippen LogP contribution in [0.1, 0.15) is 20.3 Å². The molecular weight excluding hydrogens is 262 g/mol. The van der Waals surface area contributed by atoms with Gasteiger partial charge in [-0.05, 0) is 12.3 Å². The van der Waals surface area contributed by atoms with Gasteiger partial charge in [-0.2, -0.15) is 0 Å². The van der Waals surface area contributed by atoms with E-state index in [9.17, 15) is 9.59 Å².